The third kappa shape index (κ3) is 2.29. The van der Waals surface area contributed by atoms with Crippen molar-refractivity contribution < 1.29 is 9.68 Å². The monoisotopic (exact) mass is 160 g/mol. The summed E-state index contributed by atoms with van der Waals surface area (Å²) in [5.74, 6) is 6.02. The quantitative estimate of drug-likeness (QED) is 0.501. The van der Waals surface area contributed by atoms with Crippen LogP contribution < -0.4 is 4.65 Å². The largest absolute Gasteiger partial charge is 0.569 e. The van der Waals surface area contributed by atoms with Crippen LogP contribution in [0.15, 0.2) is 18.5 Å². The van der Waals surface area contributed by atoms with Crippen LogP contribution >= 0.6 is 0 Å². The van der Waals surface area contributed by atoms with Crippen molar-refractivity contribution in [1.29, 1.82) is 0 Å². The molecule has 1 N–H and O–H groups in total. The molecule has 0 aromatic carbocycles. The molecule has 0 amide bonds. The van der Waals surface area contributed by atoms with E-state index >= 15 is 0 Å². The Morgan fingerprint density at radius 3 is 3.08 bits per heavy atom. The van der Waals surface area contributed by atoms with E-state index in [-0.39, 0.29) is 0 Å². The zero-order chi connectivity index (χ0) is 8.81. The van der Waals surface area contributed by atoms with Crippen molar-refractivity contribution in [1.82, 2.24) is 4.98 Å². The SMILES string of the molecule is CC#Cc1cncc(O[B]O)c1. The van der Waals surface area contributed by atoms with Gasteiger partial charge in [0.05, 0.1) is 6.20 Å². The van der Waals surface area contributed by atoms with Crippen molar-refractivity contribution in [2.75, 3.05) is 0 Å². The normalized spacial score (nSPS) is 8.17. The van der Waals surface area contributed by atoms with Crippen molar-refractivity contribution >= 4 is 7.69 Å². The highest BCUT2D eigenvalue weighted by atomic mass is 16.5. The number of hydrogen-bond donors (Lipinski definition) is 1. The van der Waals surface area contributed by atoms with E-state index in [1.54, 1.807) is 19.2 Å². The van der Waals surface area contributed by atoms with Gasteiger partial charge in [-0.05, 0) is 13.0 Å². The first-order valence-electron chi connectivity index (χ1n) is 3.37. The molecular weight excluding hydrogens is 153 g/mol. The first kappa shape index (κ1) is 8.63. The average molecular weight is 160 g/mol. The Morgan fingerprint density at radius 1 is 1.58 bits per heavy atom. The minimum atomic E-state index is 0.470. The lowest BCUT2D eigenvalue weighted by molar-refractivity contribution is 0.452. The minimum Gasteiger partial charge on any atom is -0.536 e. The first-order valence-corrected chi connectivity index (χ1v) is 3.37. The molecule has 1 heterocycles. The van der Waals surface area contributed by atoms with Crippen LogP contribution in [0.25, 0.3) is 0 Å². The zero-order valence-electron chi connectivity index (χ0n) is 6.61. The lowest BCUT2D eigenvalue weighted by atomic mass is 10.3. The molecule has 0 bridgehead atoms. The molecule has 0 saturated carbocycles. The van der Waals surface area contributed by atoms with Crippen LogP contribution in [0.2, 0.25) is 0 Å². The highest BCUT2D eigenvalue weighted by Crippen LogP contribution is 2.08. The molecule has 4 heteroatoms. The Hall–Kier alpha value is -1.47. The van der Waals surface area contributed by atoms with E-state index in [2.05, 4.69) is 16.8 Å². The fourth-order valence-electron chi connectivity index (χ4n) is 0.757. The van der Waals surface area contributed by atoms with Crippen LogP contribution in [0.1, 0.15) is 12.5 Å². The second-order valence-electron chi connectivity index (χ2n) is 2.01. The Bertz CT molecular complexity index is 316. The molecule has 59 valence electrons. The summed E-state index contributed by atoms with van der Waals surface area (Å²) >= 11 is 0. The molecule has 1 aromatic heterocycles. The summed E-state index contributed by atoms with van der Waals surface area (Å²) in [6.07, 6.45) is 3.12. The van der Waals surface area contributed by atoms with Gasteiger partial charge in [0.1, 0.15) is 5.75 Å². The molecule has 0 atom stereocenters. The zero-order valence-corrected chi connectivity index (χ0v) is 6.61. The minimum absolute atomic E-state index is 0.470. The molecule has 3 nitrogen and oxygen atoms in total. The summed E-state index contributed by atoms with van der Waals surface area (Å²) in [4.78, 5) is 3.86. The maximum atomic E-state index is 8.33. The average Bonchev–Trinajstić information content (AvgIpc) is 2.06. The lowest BCUT2D eigenvalue weighted by Gasteiger charge is -1.99. The van der Waals surface area contributed by atoms with Gasteiger partial charge in [-0.3, -0.25) is 4.98 Å². The molecule has 12 heavy (non-hydrogen) atoms. The third-order valence-electron chi connectivity index (χ3n) is 1.17. The van der Waals surface area contributed by atoms with Crippen molar-refractivity contribution in [3.63, 3.8) is 0 Å². The maximum Gasteiger partial charge on any atom is 0.569 e. The number of aromatic nitrogens is 1. The Kier molecular flexibility index (Phi) is 3.18. The standard InChI is InChI=1S/C8H7BNO2/c1-2-3-7-4-8(12-9-11)6-10-5-7/h4-6,11H,1H3. The van der Waals surface area contributed by atoms with Gasteiger partial charge in [0.25, 0.3) is 0 Å². The molecule has 0 aliphatic heterocycles. The predicted molar refractivity (Wildman–Crippen MR) is 45.4 cm³/mol. The molecule has 0 saturated heterocycles. The van der Waals surface area contributed by atoms with Gasteiger partial charge in [-0.15, -0.1) is 5.92 Å². The molecular formula is C8H7BNO2. The number of nitrogens with zero attached hydrogens (tertiary/aromatic N) is 1. The van der Waals surface area contributed by atoms with Crippen LogP contribution in [0.5, 0.6) is 5.75 Å². The van der Waals surface area contributed by atoms with Gasteiger partial charge in [-0.1, -0.05) is 5.92 Å². The smallest absolute Gasteiger partial charge is 0.536 e. The van der Waals surface area contributed by atoms with E-state index in [0.29, 0.717) is 13.4 Å². The van der Waals surface area contributed by atoms with Crippen LogP contribution in [-0.4, -0.2) is 17.7 Å². The van der Waals surface area contributed by atoms with Gasteiger partial charge in [0.2, 0.25) is 0 Å². The molecule has 1 aromatic rings. The number of hydrogen-bond acceptors (Lipinski definition) is 3. The van der Waals surface area contributed by atoms with Gasteiger partial charge < -0.3 is 9.68 Å². The summed E-state index contributed by atoms with van der Waals surface area (Å²) in [7, 11) is 0.611. The van der Waals surface area contributed by atoms with Gasteiger partial charge in [0.15, 0.2) is 0 Å². The second-order valence-corrected chi connectivity index (χ2v) is 2.01. The fourth-order valence-corrected chi connectivity index (χ4v) is 0.757. The van der Waals surface area contributed by atoms with Crippen molar-refractivity contribution in [3.05, 3.63) is 24.0 Å². The molecule has 0 spiro atoms. The summed E-state index contributed by atoms with van der Waals surface area (Å²) in [5.41, 5.74) is 0.761. The highest BCUT2D eigenvalue weighted by molar-refractivity contribution is 6.17. The van der Waals surface area contributed by atoms with E-state index in [9.17, 15) is 0 Å². The molecule has 0 fully saturated rings. The fraction of sp³-hybridized carbons (Fsp3) is 0.125. The highest BCUT2D eigenvalue weighted by Gasteiger charge is 1.95. The molecule has 0 unspecified atom stereocenters. The number of pyridine rings is 1. The van der Waals surface area contributed by atoms with E-state index in [0.717, 1.165) is 5.56 Å². The van der Waals surface area contributed by atoms with Gasteiger partial charge in [-0.25, -0.2) is 0 Å². The van der Waals surface area contributed by atoms with Gasteiger partial charge >= 0.3 is 7.69 Å². The summed E-state index contributed by atoms with van der Waals surface area (Å²) < 4.78 is 4.69. The second kappa shape index (κ2) is 4.42. The maximum absolute atomic E-state index is 8.33. The molecule has 1 rings (SSSR count). The topological polar surface area (TPSA) is 42.4 Å². The number of rotatable bonds is 2. The molecule has 0 aliphatic rings. The molecule has 0 aliphatic carbocycles. The van der Waals surface area contributed by atoms with Gasteiger partial charge in [0, 0.05) is 11.8 Å². The van der Waals surface area contributed by atoms with Crippen LogP contribution in [-0.2, 0) is 0 Å². The molecule has 1 radical (unpaired) electrons. The summed E-state index contributed by atoms with van der Waals surface area (Å²) in [5, 5.41) is 8.33. The van der Waals surface area contributed by atoms with Crippen molar-refractivity contribution in [3.8, 4) is 17.6 Å². The predicted octanol–water partition coefficient (Wildman–Crippen LogP) is 0.358. The Morgan fingerprint density at radius 2 is 2.42 bits per heavy atom. The first-order chi connectivity index (χ1) is 5.86. The van der Waals surface area contributed by atoms with E-state index < -0.39 is 0 Å². The van der Waals surface area contributed by atoms with E-state index in [1.165, 1.54) is 6.20 Å². The van der Waals surface area contributed by atoms with Crippen LogP contribution in [0.4, 0.5) is 0 Å². The summed E-state index contributed by atoms with van der Waals surface area (Å²) in [6, 6.07) is 1.69. The Labute approximate surface area is 71.7 Å². The van der Waals surface area contributed by atoms with Gasteiger partial charge in [-0.2, -0.15) is 0 Å². The lowest BCUT2D eigenvalue weighted by Crippen LogP contribution is -2.00. The third-order valence-corrected chi connectivity index (χ3v) is 1.17. The van der Waals surface area contributed by atoms with Crippen LogP contribution in [0.3, 0.4) is 0 Å². The van der Waals surface area contributed by atoms with Crippen molar-refractivity contribution in [2.45, 2.75) is 6.92 Å². The Balaban J connectivity index is 2.85. The van der Waals surface area contributed by atoms with Crippen molar-refractivity contribution in [2.24, 2.45) is 0 Å². The van der Waals surface area contributed by atoms with E-state index in [1.807, 2.05) is 0 Å². The summed E-state index contributed by atoms with van der Waals surface area (Å²) in [6.45, 7) is 1.74. The van der Waals surface area contributed by atoms with E-state index in [4.69, 9.17) is 9.68 Å². The van der Waals surface area contributed by atoms with Crippen LogP contribution in [0, 0.1) is 11.8 Å².